The molecule has 2 aromatic rings. The van der Waals surface area contributed by atoms with Crippen molar-refractivity contribution in [3.63, 3.8) is 0 Å². The third-order valence-corrected chi connectivity index (χ3v) is 7.04. The van der Waals surface area contributed by atoms with Gasteiger partial charge in [0.15, 0.2) is 11.5 Å². The van der Waals surface area contributed by atoms with E-state index in [-0.39, 0.29) is 24.5 Å². The minimum atomic E-state index is -3.94. The summed E-state index contributed by atoms with van der Waals surface area (Å²) in [5.41, 5.74) is 0. The summed E-state index contributed by atoms with van der Waals surface area (Å²) in [6, 6.07) is 7.91. The molecule has 2 amide bonds. The van der Waals surface area contributed by atoms with Gasteiger partial charge in [-0.1, -0.05) is 0 Å². The van der Waals surface area contributed by atoms with Gasteiger partial charge in [0.2, 0.25) is 10.0 Å². The number of rotatable bonds is 7. The van der Waals surface area contributed by atoms with E-state index in [9.17, 15) is 18.0 Å². The summed E-state index contributed by atoms with van der Waals surface area (Å²) < 4.78 is 49.4. The highest BCUT2D eigenvalue weighted by atomic mass is 32.2. The summed E-state index contributed by atoms with van der Waals surface area (Å²) in [6.07, 6.45) is 1.52. The zero-order valence-corrected chi connectivity index (χ0v) is 18.6. The van der Waals surface area contributed by atoms with Gasteiger partial charge in [-0.25, -0.2) is 8.42 Å². The molecule has 178 valence electrons. The standard InChI is InChI=1S/C21H25N3O8S/c25-20(22-7-6-15-3-1-9-29-15)21(26)23-14-19-24(8-2-10-32-19)33(27,28)16-4-5-17-18(13-16)31-12-11-30-17/h1,3-5,9,13,19H,2,6-8,10-12,14H2,(H,22,25)(H,23,26). The molecule has 0 aliphatic carbocycles. The SMILES string of the molecule is O=C(NCCc1ccco1)C(=O)NCC1OCCCN1S(=O)(=O)c1ccc2c(c1)OCCO2. The average molecular weight is 480 g/mol. The highest BCUT2D eigenvalue weighted by molar-refractivity contribution is 7.89. The van der Waals surface area contributed by atoms with Crippen LogP contribution in [0, 0.1) is 0 Å². The smallest absolute Gasteiger partial charge is 0.309 e. The minimum Gasteiger partial charge on any atom is -0.486 e. The first-order chi connectivity index (χ1) is 15.9. The molecule has 12 heteroatoms. The van der Waals surface area contributed by atoms with Gasteiger partial charge in [-0.15, -0.1) is 0 Å². The van der Waals surface area contributed by atoms with Crippen LogP contribution in [0.4, 0.5) is 0 Å². The molecule has 2 aliphatic rings. The zero-order chi connectivity index (χ0) is 23.3. The number of hydrogen-bond donors (Lipinski definition) is 2. The number of furan rings is 1. The Morgan fingerprint density at radius 1 is 1.03 bits per heavy atom. The number of benzene rings is 1. The number of carbonyl (C=O) groups is 2. The molecule has 1 fully saturated rings. The van der Waals surface area contributed by atoms with E-state index in [1.54, 1.807) is 18.2 Å². The van der Waals surface area contributed by atoms with E-state index >= 15 is 0 Å². The van der Waals surface area contributed by atoms with Crippen LogP contribution in [0.5, 0.6) is 11.5 Å². The van der Waals surface area contributed by atoms with Crippen molar-refractivity contribution in [3.8, 4) is 11.5 Å². The summed E-state index contributed by atoms with van der Waals surface area (Å²) in [5, 5.41) is 4.94. The van der Waals surface area contributed by atoms with Crippen LogP contribution in [0.25, 0.3) is 0 Å². The molecule has 0 spiro atoms. The van der Waals surface area contributed by atoms with Crippen molar-refractivity contribution in [2.75, 3.05) is 39.5 Å². The second-order valence-electron chi connectivity index (χ2n) is 7.40. The fourth-order valence-electron chi connectivity index (χ4n) is 3.52. The number of carbonyl (C=O) groups excluding carboxylic acids is 2. The van der Waals surface area contributed by atoms with Crippen LogP contribution < -0.4 is 20.1 Å². The number of ether oxygens (including phenoxy) is 3. The first kappa shape index (κ1) is 23.1. The molecule has 2 N–H and O–H groups in total. The highest BCUT2D eigenvalue weighted by Gasteiger charge is 2.35. The molecule has 2 aliphatic heterocycles. The number of nitrogens with one attached hydrogen (secondary N) is 2. The van der Waals surface area contributed by atoms with Gasteiger partial charge in [-0.05, 0) is 30.7 Å². The van der Waals surface area contributed by atoms with Gasteiger partial charge in [0.25, 0.3) is 0 Å². The van der Waals surface area contributed by atoms with Crippen LogP contribution in [0.3, 0.4) is 0 Å². The second-order valence-corrected chi connectivity index (χ2v) is 9.29. The Labute approximate surface area is 191 Å². The van der Waals surface area contributed by atoms with E-state index in [0.29, 0.717) is 49.9 Å². The van der Waals surface area contributed by atoms with E-state index in [2.05, 4.69) is 10.6 Å². The Kier molecular flexibility index (Phi) is 7.16. The predicted octanol–water partition coefficient (Wildman–Crippen LogP) is 0.263. The molecule has 33 heavy (non-hydrogen) atoms. The maximum absolute atomic E-state index is 13.3. The summed E-state index contributed by atoms with van der Waals surface area (Å²) in [4.78, 5) is 24.2. The zero-order valence-electron chi connectivity index (χ0n) is 17.8. The normalized spacial score (nSPS) is 18.5. The highest BCUT2D eigenvalue weighted by Crippen LogP contribution is 2.34. The van der Waals surface area contributed by atoms with Gasteiger partial charge in [0.05, 0.1) is 24.3 Å². The molecule has 3 heterocycles. The number of hydrogen-bond acceptors (Lipinski definition) is 8. The van der Waals surface area contributed by atoms with Crippen molar-refractivity contribution in [1.82, 2.24) is 14.9 Å². The van der Waals surface area contributed by atoms with Crippen molar-refractivity contribution in [2.24, 2.45) is 0 Å². The first-order valence-electron chi connectivity index (χ1n) is 10.6. The van der Waals surface area contributed by atoms with Gasteiger partial charge in [-0.3, -0.25) is 9.59 Å². The largest absolute Gasteiger partial charge is 0.486 e. The quantitative estimate of drug-likeness (QED) is 0.540. The van der Waals surface area contributed by atoms with Gasteiger partial charge < -0.3 is 29.3 Å². The third-order valence-electron chi connectivity index (χ3n) is 5.16. The topological polar surface area (TPSA) is 136 Å². The number of amides is 2. The Hall–Kier alpha value is -3.09. The summed E-state index contributed by atoms with van der Waals surface area (Å²) in [7, 11) is -3.94. The van der Waals surface area contributed by atoms with Crippen LogP contribution in [-0.4, -0.2) is 70.2 Å². The molecule has 1 saturated heterocycles. The van der Waals surface area contributed by atoms with Gasteiger partial charge in [0.1, 0.15) is 25.2 Å². The van der Waals surface area contributed by atoms with Gasteiger partial charge in [-0.2, -0.15) is 4.31 Å². The molecule has 1 aromatic carbocycles. The van der Waals surface area contributed by atoms with Gasteiger partial charge in [0, 0.05) is 25.6 Å². The fourth-order valence-corrected chi connectivity index (χ4v) is 5.10. The monoisotopic (exact) mass is 479 g/mol. The lowest BCUT2D eigenvalue weighted by Crippen LogP contribution is -2.53. The average Bonchev–Trinajstić information content (AvgIpc) is 3.36. The number of nitrogens with zero attached hydrogens (tertiary/aromatic N) is 1. The van der Waals surface area contributed by atoms with Crippen molar-refractivity contribution >= 4 is 21.8 Å². The molecule has 0 saturated carbocycles. The molecule has 1 atom stereocenters. The molecule has 0 radical (unpaired) electrons. The van der Waals surface area contributed by atoms with Crippen LogP contribution in [0.15, 0.2) is 45.9 Å². The van der Waals surface area contributed by atoms with Crippen LogP contribution in [-0.2, 0) is 30.8 Å². The molecule has 1 aromatic heterocycles. The van der Waals surface area contributed by atoms with Crippen molar-refractivity contribution in [1.29, 1.82) is 0 Å². The minimum absolute atomic E-state index is 0.0317. The van der Waals surface area contributed by atoms with E-state index in [1.807, 2.05) is 0 Å². The number of sulfonamides is 1. The van der Waals surface area contributed by atoms with E-state index in [1.165, 1.54) is 22.7 Å². The van der Waals surface area contributed by atoms with Crippen LogP contribution in [0.1, 0.15) is 12.2 Å². The Morgan fingerprint density at radius 2 is 1.82 bits per heavy atom. The number of fused-ring (bicyclic) bond motifs is 1. The van der Waals surface area contributed by atoms with Crippen LogP contribution >= 0.6 is 0 Å². The Morgan fingerprint density at radius 3 is 2.61 bits per heavy atom. The summed E-state index contributed by atoms with van der Waals surface area (Å²) in [5.74, 6) is -0.168. The van der Waals surface area contributed by atoms with E-state index in [4.69, 9.17) is 18.6 Å². The molecule has 4 rings (SSSR count). The molecule has 11 nitrogen and oxygen atoms in total. The van der Waals surface area contributed by atoms with Gasteiger partial charge >= 0.3 is 11.8 Å². The third kappa shape index (κ3) is 5.46. The fraction of sp³-hybridized carbons (Fsp3) is 0.429. The molecular formula is C21H25N3O8S. The Bertz CT molecular complexity index is 1090. The van der Waals surface area contributed by atoms with E-state index in [0.717, 1.165) is 0 Å². The lowest BCUT2D eigenvalue weighted by molar-refractivity contribution is -0.140. The Balaban J connectivity index is 1.35. The predicted molar refractivity (Wildman–Crippen MR) is 114 cm³/mol. The lowest BCUT2D eigenvalue weighted by Gasteiger charge is -2.34. The second kappa shape index (κ2) is 10.2. The van der Waals surface area contributed by atoms with Crippen molar-refractivity contribution in [2.45, 2.75) is 24.0 Å². The maximum atomic E-state index is 13.3. The van der Waals surface area contributed by atoms with Crippen molar-refractivity contribution in [3.05, 3.63) is 42.4 Å². The first-order valence-corrected chi connectivity index (χ1v) is 12.0. The summed E-state index contributed by atoms with van der Waals surface area (Å²) >= 11 is 0. The molecule has 0 bridgehead atoms. The van der Waals surface area contributed by atoms with Crippen molar-refractivity contribution < 1.29 is 36.6 Å². The molecular weight excluding hydrogens is 454 g/mol. The summed E-state index contributed by atoms with van der Waals surface area (Å²) in [6.45, 7) is 1.34. The molecule has 1 unspecified atom stereocenters. The van der Waals surface area contributed by atoms with E-state index < -0.39 is 28.1 Å². The van der Waals surface area contributed by atoms with Crippen LogP contribution in [0.2, 0.25) is 0 Å². The maximum Gasteiger partial charge on any atom is 0.309 e. The lowest BCUT2D eigenvalue weighted by atomic mass is 10.3.